The number of rotatable bonds is 9. The predicted octanol–water partition coefficient (Wildman–Crippen LogP) is 4.54. The molecule has 2 aromatic carbocycles. The first-order chi connectivity index (χ1) is 14.5. The van der Waals surface area contributed by atoms with Gasteiger partial charge >= 0.3 is 0 Å². The number of aryl methyl sites for hydroxylation is 1. The van der Waals surface area contributed by atoms with Gasteiger partial charge in [0.25, 0.3) is 0 Å². The van der Waals surface area contributed by atoms with Crippen molar-refractivity contribution in [2.24, 2.45) is 5.92 Å². The summed E-state index contributed by atoms with van der Waals surface area (Å²) in [6.45, 7) is 6.68. The molecule has 1 heterocycles. The van der Waals surface area contributed by atoms with Gasteiger partial charge in [-0.3, -0.25) is 9.59 Å². The number of fused-ring (bicyclic) bond motifs is 1. The maximum Gasteiger partial charge on any atom is 0.228 e. The third-order valence-electron chi connectivity index (χ3n) is 4.60. The zero-order valence-electron chi connectivity index (χ0n) is 17.5. The zero-order valence-corrected chi connectivity index (χ0v) is 18.3. The Morgan fingerprint density at radius 3 is 2.73 bits per heavy atom. The lowest BCUT2D eigenvalue weighted by atomic mass is 10.1. The van der Waals surface area contributed by atoms with Crippen LogP contribution in [0.4, 0.5) is 5.13 Å². The van der Waals surface area contributed by atoms with Crippen LogP contribution in [0, 0.1) is 5.92 Å². The number of carbonyl (C=O) groups is 2. The van der Waals surface area contributed by atoms with Gasteiger partial charge < -0.3 is 15.4 Å². The molecule has 2 N–H and O–H groups in total. The molecule has 0 saturated heterocycles. The summed E-state index contributed by atoms with van der Waals surface area (Å²) in [5.41, 5.74) is 2.88. The van der Waals surface area contributed by atoms with Crippen molar-refractivity contribution in [2.75, 3.05) is 11.9 Å². The molecule has 3 aromatic rings. The maximum atomic E-state index is 12.3. The molecule has 0 atom stereocenters. The van der Waals surface area contributed by atoms with E-state index < -0.39 is 0 Å². The summed E-state index contributed by atoms with van der Waals surface area (Å²) >= 11 is 1.45. The van der Waals surface area contributed by atoms with Crippen LogP contribution in [0.2, 0.25) is 0 Å². The van der Waals surface area contributed by atoms with Crippen molar-refractivity contribution in [3.8, 4) is 5.75 Å². The average Bonchev–Trinajstić information content (AvgIpc) is 3.13. The highest BCUT2D eigenvalue weighted by Gasteiger charge is 2.12. The summed E-state index contributed by atoms with van der Waals surface area (Å²) in [4.78, 5) is 28.6. The van der Waals surface area contributed by atoms with E-state index in [1.54, 1.807) is 0 Å². The fraction of sp³-hybridized carbons (Fsp3) is 0.348. The minimum atomic E-state index is -0.0911. The molecule has 7 heteroatoms. The van der Waals surface area contributed by atoms with Gasteiger partial charge in [0.1, 0.15) is 5.75 Å². The highest BCUT2D eigenvalue weighted by atomic mass is 32.1. The van der Waals surface area contributed by atoms with Crippen molar-refractivity contribution >= 4 is 38.5 Å². The Hall–Kier alpha value is -2.93. The highest BCUT2D eigenvalue weighted by molar-refractivity contribution is 7.22. The van der Waals surface area contributed by atoms with Gasteiger partial charge in [0.2, 0.25) is 11.8 Å². The molecule has 1 aromatic heterocycles. The van der Waals surface area contributed by atoms with E-state index in [-0.39, 0.29) is 17.7 Å². The number of anilines is 1. The number of nitrogens with one attached hydrogen (secondary N) is 2. The van der Waals surface area contributed by atoms with Crippen molar-refractivity contribution in [3.63, 3.8) is 0 Å². The summed E-state index contributed by atoms with van der Waals surface area (Å²) in [6, 6.07) is 13.7. The van der Waals surface area contributed by atoms with Crippen LogP contribution >= 0.6 is 11.3 Å². The van der Waals surface area contributed by atoms with Gasteiger partial charge in [-0.25, -0.2) is 4.98 Å². The number of ether oxygens (including phenoxy) is 1. The van der Waals surface area contributed by atoms with E-state index in [4.69, 9.17) is 4.74 Å². The quantitative estimate of drug-likeness (QED) is 0.527. The SMILES string of the molecule is CCOc1ccccc1CNC(=O)CCc1ccc2nc(NC(=O)C(C)C)sc2c1. The zero-order chi connectivity index (χ0) is 21.5. The van der Waals surface area contributed by atoms with Crippen molar-refractivity contribution in [1.29, 1.82) is 0 Å². The first kappa shape index (κ1) is 21.8. The second-order valence-corrected chi connectivity index (χ2v) is 8.31. The lowest BCUT2D eigenvalue weighted by Gasteiger charge is -2.11. The van der Waals surface area contributed by atoms with Crippen LogP contribution in [0.3, 0.4) is 0 Å². The van der Waals surface area contributed by atoms with Crippen LogP contribution in [0.25, 0.3) is 10.2 Å². The molecule has 0 bridgehead atoms. The van der Waals surface area contributed by atoms with Gasteiger partial charge in [-0.15, -0.1) is 0 Å². The normalized spacial score (nSPS) is 10.9. The fourth-order valence-corrected chi connectivity index (χ4v) is 3.85. The van der Waals surface area contributed by atoms with E-state index in [1.165, 1.54) is 11.3 Å². The van der Waals surface area contributed by atoms with Crippen LogP contribution in [0.1, 0.15) is 38.3 Å². The van der Waals surface area contributed by atoms with E-state index in [9.17, 15) is 9.59 Å². The molecule has 3 rings (SSSR count). The van der Waals surface area contributed by atoms with Crippen molar-refractivity contribution in [3.05, 3.63) is 53.6 Å². The Morgan fingerprint density at radius 2 is 1.97 bits per heavy atom. The van der Waals surface area contributed by atoms with Crippen molar-refractivity contribution in [2.45, 2.75) is 40.2 Å². The second kappa shape index (κ2) is 10.2. The van der Waals surface area contributed by atoms with Crippen LogP contribution in [-0.4, -0.2) is 23.4 Å². The Balaban J connectivity index is 1.55. The molecule has 0 radical (unpaired) electrons. The lowest BCUT2D eigenvalue weighted by Crippen LogP contribution is -2.23. The topological polar surface area (TPSA) is 80.3 Å². The van der Waals surface area contributed by atoms with Gasteiger partial charge in [-0.05, 0) is 37.1 Å². The number of para-hydroxylation sites is 1. The number of hydrogen-bond acceptors (Lipinski definition) is 5. The summed E-state index contributed by atoms with van der Waals surface area (Å²) in [5, 5.41) is 6.41. The van der Waals surface area contributed by atoms with E-state index in [0.29, 0.717) is 31.1 Å². The fourth-order valence-electron chi connectivity index (χ4n) is 2.91. The Labute approximate surface area is 180 Å². The smallest absolute Gasteiger partial charge is 0.228 e. The largest absolute Gasteiger partial charge is 0.494 e. The number of carbonyl (C=O) groups excluding carboxylic acids is 2. The number of aromatic nitrogens is 1. The maximum absolute atomic E-state index is 12.3. The van der Waals surface area contributed by atoms with Gasteiger partial charge in [-0.1, -0.05) is 49.4 Å². The predicted molar refractivity (Wildman–Crippen MR) is 121 cm³/mol. The Morgan fingerprint density at radius 1 is 1.17 bits per heavy atom. The number of benzene rings is 2. The van der Waals surface area contributed by atoms with Crippen molar-refractivity contribution < 1.29 is 14.3 Å². The molecule has 6 nitrogen and oxygen atoms in total. The first-order valence-corrected chi connectivity index (χ1v) is 11.0. The highest BCUT2D eigenvalue weighted by Crippen LogP contribution is 2.27. The minimum Gasteiger partial charge on any atom is -0.494 e. The summed E-state index contributed by atoms with van der Waals surface area (Å²) < 4.78 is 6.59. The van der Waals surface area contributed by atoms with Crippen LogP contribution in [0.15, 0.2) is 42.5 Å². The first-order valence-electron chi connectivity index (χ1n) is 10.1. The van der Waals surface area contributed by atoms with Crippen molar-refractivity contribution in [1.82, 2.24) is 10.3 Å². The van der Waals surface area contributed by atoms with E-state index in [2.05, 4.69) is 15.6 Å². The third kappa shape index (κ3) is 5.79. The number of hydrogen-bond donors (Lipinski definition) is 2. The molecule has 0 saturated carbocycles. The van der Waals surface area contributed by atoms with Gasteiger partial charge in [0.05, 0.1) is 16.8 Å². The van der Waals surface area contributed by atoms with Crippen LogP contribution in [-0.2, 0) is 22.6 Å². The lowest BCUT2D eigenvalue weighted by molar-refractivity contribution is -0.121. The van der Waals surface area contributed by atoms with Gasteiger partial charge in [-0.2, -0.15) is 0 Å². The third-order valence-corrected chi connectivity index (χ3v) is 5.53. The standard InChI is InChI=1S/C23H27N3O3S/c1-4-29-19-8-6-5-7-17(19)14-24-21(27)12-10-16-9-11-18-20(13-16)30-23(25-18)26-22(28)15(2)3/h5-9,11,13,15H,4,10,12,14H2,1-3H3,(H,24,27)(H,25,26,28). The Bertz CT molecular complexity index is 1030. The molecule has 0 aliphatic carbocycles. The molecule has 2 amide bonds. The van der Waals surface area contributed by atoms with E-state index in [0.717, 1.165) is 27.1 Å². The molecule has 0 spiro atoms. The van der Waals surface area contributed by atoms with Crippen LogP contribution in [0.5, 0.6) is 5.75 Å². The van der Waals surface area contributed by atoms with Gasteiger partial charge in [0, 0.05) is 24.4 Å². The molecule has 0 unspecified atom stereocenters. The molecule has 158 valence electrons. The molecular weight excluding hydrogens is 398 g/mol. The molecule has 0 aliphatic rings. The monoisotopic (exact) mass is 425 g/mol. The second-order valence-electron chi connectivity index (χ2n) is 7.28. The molecule has 30 heavy (non-hydrogen) atoms. The summed E-state index contributed by atoms with van der Waals surface area (Å²) in [6.07, 6.45) is 1.04. The summed E-state index contributed by atoms with van der Waals surface area (Å²) in [7, 11) is 0. The van der Waals surface area contributed by atoms with E-state index >= 15 is 0 Å². The minimum absolute atomic E-state index is 0.00408. The molecular formula is C23H27N3O3S. The number of thiazole rings is 1. The number of nitrogens with zero attached hydrogens (tertiary/aromatic N) is 1. The summed E-state index contributed by atoms with van der Waals surface area (Å²) in [5.74, 6) is 0.662. The van der Waals surface area contributed by atoms with Crippen LogP contribution < -0.4 is 15.4 Å². The van der Waals surface area contributed by atoms with Gasteiger partial charge in [0.15, 0.2) is 5.13 Å². The average molecular weight is 426 g/mol. The Kier molecular flexibility index (Phi) is 7.41. The molecule has 0 aliphatic heterocycles. The van der Waals surface area contributed by atoms with E-state index in [1.807, 2.05) is 63.2 Å². The number of amides is 2. The molecule has 0 fully saturated rings.